The monoisotopic (exact) mass is 452 g/mol. The molecular formula is C23H36N2O3S2. The lowest BCUT2D eigenvalue weighted by atomic mass is 9.81. The Bertz CT molecular complexity index is 741. The second-order valence-electron chi connectivity index (χ2n) is 8.66. The van der Waals surface area contributed by atoms with Crippen LogP contribution in [0, 0.1) is 11.8 Å². The van der Waals surface area contributed by atoms with Crippen LogP contribution in [0.2, 0.25) is 0 Å². The normalized spacial score (nSPS) is 23.2. The molecule has 0 unspecified atom stereocenters. The molecule has 5 nitrogen and oxygen atoms in total. The molecule has 0 heterocycles. The van der Waals surface area contributed by atoms with Crippen LogP contribution < -0.4 is 10.0 Å². The zero-order valence-corrected chi connectivity index (χ0v) is 19.5. The van der Waals surface area contributed by atoms with E-state index in [4.69, 9.17) is 0 Å². The highest BCUT2D eigenvalue weighted by atomic mass is 32.2. The average molecular weight is 453 g/mol. The highest BCUT2D eigenvalue weighted by Gasteiger charge is 2.27. The van der Waals surface area contributed by atoms with Crippen molar-refractivity contribution in [2.45, 2.75) is 74.4 Å². The summed E-state index contributed by atoms with van der Waals surface area (Å²) in [6.07, 6.45) is 11.4. The zero-order chi connectivity index (χ0) is 21.2. The standard InChI is InChI=1S/C23H36N2O3S2/c26-23(24-16-7-17-29-21-8-3-1-4-9-21)20-14-12-19(13-15-20)18-25-30(27,28)22-10-5-2-6-11-22/h2,5-6,10-11,19-21,25H,1,3-4,7-9,12-18H2,(H,24,26). The number of benzene rings is 1. The Morgan fingerprint density at radius 2 is 1.67 bits per heavy atom. The van der Waals surface area contributed by atoms with Crippen LogP contribution in [-0.2, 0) is 14.8 Å². The fraction of sp³-hybridized carbons (Fsp3) is 0.696. The summed E-state index contributed by atoms with van der Waals surface area (Å²) in [7, 11) is -3.45. The van der Waals surface area contributed by atoms with Gasteiger partial charge in [-0.05, 0) is 68.7 Å². The van der Waals surface area contributed by atoms with Crippen LogP contribution in [0.25, 0.3) is 0 Å². The second-order valence-corrected chi connectivity index (χ2v) is 11.8. The van der Waals surface area contributed by atoms with E-state index in [2.05, 4.69) is 21.8 Å². The molecule has 2 aliphatic carbocycles. The fourth-order valence-electron chi connectivity index (χ4n) is 4.45. The summed E-state index contributed by atoms with van der Waals surface area (Å²) in [4.78, 5) is 12.7. The minimum atomic E-state index is -3.45. The molecule has 0 radical (unpaired) electrons. The Morgan fingerprint density at radius 3 is 2.37 bits per heavy atom. The van der Waals surface area contributed by atoms with Gasteiger partial charge in [0.1, 0.15) is 0 Å². The number of hydrogen-bond acceptors (Lipinski definition) is 4. The van der Waals surface area contributed by atoms with Crippen molar-refractivity contribution >= 4 is 27.7 Å². The molecule has 0 aliphatic heterocycles. The minimum Gasteiger partial charge on any atom is -0.356 e. The molecule has 0 saturated heterocycles. The van der Waals surface area contributed by atoms with Crippen LogP contribution in [0.15, 0.2) is 35.2 Å². The third-order valence-electron chi connectivity index (χ3n) is 6.36. The maximum Gasteiger partial charge on any atom is 0.240 e. The van der Waals surface area contributed by atoms with Gasteiger partial charge in [0.15, 0.2) is 0 Å². The smallest absolute Gasteiger partial charge is 0.240 e. The molecule has 1 aromatic carbocycles. The summed E-state index contributed by atoms with van der Waals surface area (Å²) >= 11 is 2.08. The highest BCUT2D eigenvalue weighted by Crippen LogP contribution is 2.30. The summed E-state index contributed by atoms with van der Waals surface area (Å²) in [6, 6.07) is 8.48. The van der Waals surface area contributed by atoms with Crippen molar-refractivity contribution in [2.75, 3.05) is 18.8 Å². The molecule has 7 heteroatoms. The molecule has 0 spiro atoms. The fourth-order valence-corrected chi connectivity index (χ4v) is 6.90. The van der Waals surface area contributed by atoms with Crippen molar-refractivity contribution in [1.82, 2.24) is 10.0 Å². The molecule has 3 rings (SSSR count). The van der Waals surface area contributed by atoms with E-state index >= 15 is 0 Å². The van der Waals surface area contributed by atoms with Gasteiger partial charge in [-0.2, -0.15) is 11.8 Å². The van der Waals surface area contributed by atoms with Crippen molar-refractivity contribution in [2.24, 2.45) is 11.8 Å². The third-order valence-corrected chi connectivity index (χ3v) is 9.27. The molecule has 0 bridgehead atoms. The molecule has 2 fully saturated rings. The number of carbonyl (C=O) groups is 1. The number of rotatable bonds is 10. The Kier molecular flexibility index (Phi) is 9.53. The van der Waals surface area contributed by atoms with Crippen LogP contribution in [-0.4, -0.2) is 38.4 Å². The van der Waals surface area contributed by atoms with Crippen LogP contribution in [0.1, 0.15) is 64.2 Å². The molecule has 1 aromatic rings. The first-order valence-electron chi connectivity index (χ1n) is 11.5. The highest BCUT2D eigenvalue weighted by molar-refractivity contribution is 7.99. The molecule has 0 aromatic heterocycles. The number of hydrogen-bond donors (Lipinski definition) is 2. The molecule has 2 aliphatic rings. The lowest BCUT2D eigenvalue weighted by molar-refractivity contribution is -0.126. The number of amides is 1. The van der Waals surface area contributed by atoms with Gasteiger partial charge in [-0.15, -0.1) is 0 Å². The van der Waals surface area contributed by atoms with E-state index in [1.54, 1.807) is 30.3 Å². The molecule has 2 saturated carbocycles. The van der Waals surface area contributed by atoms with Gasteiger partial charge in [0, 0.05) is 24.3 Å². The predicted molar refractivity (Wildman–Crippen MR) is 124 cm³/mol. The Morgan fingerprint density at radius 1 is 0.967 bits per heavy atom. The van der Waals surface area contributed by atoms with Crippen molar-refractivity contribution in [3.63, 3.8) is 0 Å². The SMILES string of the molecule is O=C(NCCCSC1CCCCC1)C1CCC(CNS(=O)(=O)c2ccccc2)CC1. The van der Waals surface area contributed by atoms with Crippen molar-refractivity contribution in [3.8, 4) is 0 Å². The predicted octanol–water partition coefficient (Wildman–Crippen LogP) is 4.34. The molecule has 168 valence electrons. The van der Waals surface area contributed by atoms with Gasteiger partial charge in [0.05, 0.1) is 4.90 Å². The van der Waals surface area contributed by atoms with E-state index in [1.165, 1.54) is 32.1 Å². The van der Waals surface area contributed by atoms with Gasteiger partial charge >= 0.3 is 0 Å². The van der Waals surface area contributed by atoms with Gasteiger partial charge < -0.3 is 5.32 Å². The van der Waals surface area contributed by atoms with Gasteiger partial charge in [-0.25, -0.2) is 13.1 Å². The molecule has 30 heavy (non-hydrogen) atoms. The van der Waals surface area contributed by atoms with Crippen LogP contribution >= 0.6 is 11.8 Å². The van der Waals surface area contributed by atoms with Gasteiger partial charge in [0.25, 0.3) is 0 Å². The summed E-state index contributed by atoms with van der Waals surface area (Å²) in [5.74, 6) is 1.71. The summed E-state index contributed by atoms with van der Waals surface area (Å²) < 4.78 is 27.4. The van der Waals surface area contributed by atoms with Crippen molar-refractivity contribution < 1.29 is 13.2 Å². The van der Waals surface area contributed by atoms with Crippen LogP contribution in [0.4, 0.5) is 0 Å². The first-order valence-corrected chi connectivity index (χ1v) is 14.0. The Hall–Kier alpha value is -1.05. The largest absolute Gasteiger partial charge is 0.356 e. The lowest BCUT2D eigenvalue weighted by Gasteiger charge is -2.28. The summed E-state index contributed by atoms with van der Waals surface area (Å²) in [6.45, 7) is 1.22. The van der Waals surface area contributed by atoms with E-state index in [9.17, 15) is 13.2 Å². The van der Waals surface area contributed by atoms with Crippen LogP contribution in [0.5, 0.6) is 0 Å². The molecule has 0 atom stereocenters. The van der Waals surface area contributed by atoms with Crippen LogP contribution in [0.3, 0.4) is 0 Å². The topological polar surface area (TPSA) is 75.3 Å². The lowest BCUT2D eigenvalue weighted by Crippen LogP contribution is -2.36. The number of nitrogens with one attached hydrogen (secondary N) is 2. The zero-order valence-electron chi connectivity index (χ0n) is 17.9. The quantitative estimate of drug-likeness (QED) is 0.518. The summed E-state index contributed by atoms with van der Waals surface area (Å²) in [5, 5.41) is 3.96. The van der Waals surface area contributed by atoms with Gasteiger partial charge in [0.2, 0.25) is 15.9 Å². The minimum absolute atomic E-state index is 0.0815. The first kappa shape index (κ1) is 23.6. The number of sulfonamides is 1. The molecule has 1 amide bonds. The van der Waals surface area contributed by atoms with Crippen molar-refractivity contribution in [3.05, 3.63) is 30.3 Å². The van der Waals surface area contributed by atoms with Crippen molar-refractivity contribution in [1.29, 1.82) is 0 Å². The molecule has 2 N–H and O–H groups in total. The van der Waals surface area contributed by atoms with E-state index in [1.807, 2.05) is 0 Å². The summed E-state index contributed by atoms with van der Waals surface area (Å²) in [5.41, 5.74) is 0. The molecular weight excluding hydrogens is 416 g/mol. The van der Waals surface area contributed by atoms with Gasteiger partial charge in [-0.3, -0.25) is 4.79 Å². The van der Waals surface area contributed by atoms with Gasteiger partial charge in [-0.1, -0.05) is 37.5 Å². The maximum atomic E-state index is 12.4. The Balaban J connectivity index is 1.28. The van der Waals surface area contributed by atoms with E-state index in [0.717, 1.165) is 49.7 Å². The van der Waals surface area contributed by atoms with E-state index in [-0.39, 0.29) is 11.8 Å². The number of thioether (sulfide) groups is 1. The average Bonchev–Trinajstić information content (AvgIpc) is 2.79. The van der Waals surface area contributed by atoms with E-state index in [0.29, 0.717) is 17.4 Å². The maximum absolute atomic E-state index is 12.4. The van der Waals surface area contributed by atoms with E-state index < -0.39 is 10.0 Å². The Labute approximate surface area is 186 Å². The first-order chi connectivity index (χ1) is 14.5. The number of carbonyl (C=O) groups excluding carboxylic acids is 1. The second kappa shape index (κ2) is 12.1. The third kappa shape index (κ3) is 7.57.